The molecule has 14 heavy (non-hydrogen) atoms. The number of hydrogen-bond donors (Lipinski definition) is 2. The molecule has 2 heterocycles. The van der Waals surface area contributed by atoms with Gasteiger partial charge in [0.25, 0.3) is 0 Å². The van der Waals surface area contributed by atoms with Crippen molar-refractivity contribution in [2.45, 2.75) is 31.1 Å². The van der Waals surface area contributed by atoms with Gasteiger partial charge in [-0.05, 0) is 31.6 Å². The number of aromatic nitrogens is 2. The molecule has 0 amide bonds. The Morgan fingerprint density at radius 2 is 2.71 bits per heavy atom. The molecule has 2 unspecified atom stereocenters. The first-order valence-electron chi connectivity index (χ1n) is 5.20. The molecule has 1 fully saturated rings. The molecule has 0 aromatic carbocycles. The molecule has 1 aromatic rings. The van der Waals surface area contributed by atoms with Gasteiger partial charge in [-0.3, -0.25) is 5.10 Å². The second-order valence-electron chi connectivity index (χ2n) is 3.78. The van der Waals surface area contributed by atoms with Gasteiger partial charge in [0.2, 0.25) is 0 Å². The summed E-state index contributed by atoms with van der Waals surface area (Å²) in [7, 11) is 0. The van der Waals surface area contributed by atoms with Crippen LogP contribution in [0, 0.1) is 0 Å². The van der Waals surface area contributed by atoms with Crippen LogP contribution in [0.4, 0.5) is 0 Å². The fourth-order valence-corrected chi connectivity index (χ4v) is 2.95. The summed E-state index contributed by atoms with van der Waals surface area (Å²) in [5.74, 6) is 1.34. The minimum absolute atomic E-state index is 0.388. The van der Waals surface area contributed by atoms with Crippen molar-refractivity contribution in [2.75, 3.05) is 12.3 Å². The summed E-state index contributed by atoms with van der Waals surface area (Å²) in [6, 6.07) is 2.41. The monoisotopic (exact) mass is 211 g/mol. The van der Waals surface area contributed by atoms with Crippen molar-refractivity contribution in [2.24, 2.45) is 0 Å². The van der Waals surface area contributed by atoms with Gasteiger partial charge < -0.3 is 5.32 Å². The smallest absolute Gasteiger partial charge is 0.0518 e. The van der Waals surface area contributed by atoms with E-state index in [1.54, 1.807) is 6.20 Å². The zero-order chi connectivity index (χ0) is 9.80. The number of nitrogens with zero attached hydrogens (tertiary/aromatic N) is 1. The van der Waals surface area contributed by atoms with Crippen LogP contribution >= 0.6 is 11.8 Å². The number of aromatic amines is 1. The molecule has 2 atom stereocenters. The van der Waals surface area contributed by atoms with Crippen molar-refractivity contribution < 1.29 is 0 Å². The van der Waals surface area contributed by atoms with Gasteiger partial charge in [0.15, 0.2) is 0 Å². The summed E-state index contributed by atoms with van der Waals surface area (Å²) in [6.45, 7) is 3.29. The number of H-pyrrole nitrogens is 1. The van der Waals surface area contributed by atoms with Gasteiger partial charge in [-0.2, -0.15) is 16.9 Å². The Hall–Kier alpha value is -0.480. The third-order valence-corrected chi connectivity index (χ3v) is 4.06. The Bertz CT molecular complexity index is 254. The van der Waals surface area contributed by atoms with E-state index in [0.29, 0.717) is 6.04 Å². The molecule has 4 heteroatoms. The van der Waals surface area contributed by atoms with E-state index in [0.717, 1.165) is 11.8 Å². The Labute approximate surface area is 89.1 Å². The molecule has 2 N–H and O–H groups in total. The first-order valence-corrected chi connectivity index (χ1v) is 6.25. The standard InChI is InChI=1S/C10H17N3S/c1-8(10-4-5-12-13-10)11-7-9-3-2-6-14-9/h4-5,8-9,11H,2-3,6-7H2,1H3,(H,12,13). The zero-order valence-electron chi connectivity index (χ0n) is 8.49. The molecule has 78 valence electrons. The van der Waals surface area contributed by atoms with Gasteiger partial charge >= 0.3 is 0 Å². The minimum atomic E-state index is 0.388. The highest BCUT2D eigenvalue weighted by atomic mass is 32.2. The Morgan fingerprint density at radius 3 is 3.36 bits per heavy atom. The van der Waals surface area contributed by atoms with Crippen LogP contribution in [-0.2, 0) is 0 Å². The highest BCUT2D eigenvalue weighted by Gasteiger charge is 2.16. The zero-order valence-corrected chi connectivity index (χ0v) is 9.31. The molecule has 0 aliphatic carbocycles. The molecule has 0 radical (unpaired) electrons. The molecular weight excluding hydrogens is 194 g/mol. The van der Waals surface area contributed by atoms with Crippen molar-refractivity contribution in [3.63, 3.8) is 0 Å². The van der Waals surface area contributed by atoms with Crippen molar-refractivity contribution >= 4 is 11.8 Å². The molecule has 1 aliphatic heterocycles. The van der Waals surface area contributed by atoms with E-state index < -0.39 is 0 Å². The maximum atomic E-state index is 3.95. The molecule has 1 aliphatic rings. The molecule has 0 spiro atoms. The third-order valence-electron chi connectivity index (χ3n) is 2.66. The summed E-state index contributed by atoms with van der Waals surface area (Å²) in [5, 5.41) is 11.3. The molecule has 2 rings (SSSR count). The first-order chi connectivity index (χ1) is 6.86. The van der Waals surface area contributed by atoms with Gasteiger partial charge in [0, 0.05) is 24.0 Å². The van der Waals surface area contributed by atoms with Crippen LogP contribution in [0.5, 0.6) is 0 Å². The van der Waals surface area contributed by atoms with Crippen molar-refractivity contribution in [1.82, 2.24) is 15.5 Å². The van der Waals surface area contributed by atoms with E-state index in [2.05, 4.69) is 34.2 Å². The maximum Gasteiger partial charge on any atom is 0.0518 e. The van der Waals surface area contributed by atoms with Crippen LogP contribution in [0.2, 0.25) is 0 Å². The molecule has 3 nitrogen and oxygen atoms in total. The fourth-order valence-electron chi connectivity index (χ4n) is 1.73. The predicted octanol–water partition coefficient (Wildman–Crippen LogP) is 1.96. The van der Waals surface area contributed by atoms with Crippen molar-refractivity contribution in [1.29, 1.82) is 0 Å². The summed E-state index contributed by atoms with van der Waals surface area (Å²) in [6.07, 6.45) is 4.56. The van der Waals surface area contributed by atoms with Gasteiger partial charge in [0.05, 0.1) is 5.69 Å². The van der Waals surface area contributed by atoms with Gasteiger partial charge in [-0.1, -0.05) is 0 Å². The van der Waals surface area contributed by atoms with E-state index >= 15 is 0 Å². The lowest BCUT2D eigenvalue weighted by molar-refractivity contribution is 0.547. The third kappa shape index (κ3) is 2.51. The van der Waals surface area contributed by atoms with Gasteiger partial charge in [0.1, 0.15) is 0 Å². The molecule has 1 aromatic heterocycles. The fraction of sp³-hybridized carbons (Fsp3) is 0.700. The lowest BCUT2D eigenvalue weighted by atomic mass is 10.2. The van der Waals surface area contributed by atoms with Crippen LogP contribution in [0.3, 0.4) is 0 Å². The average molecular weight is 211 g/mol. The van der Waals surface area contributed by atoms with E-state index in [4.69, 9.17) is 0 Å². The Balaban J connectivity index is 1.74. The van der Waals surface area contributed by atoms with Gasteiger partial charge in [-0.15, -0.1) is 0 Å². The molecular formula is C10H17N3S. The van der Waals surface area contributed by atoms with Crippen LogP contribution in [0.25, 0.3) is 0 Å². The summed E-state index contributed by atoms with van der Waals surface area (Å²) < 4.78 is 0. The highest BCUT2D eigenvalue weighted by Crippen LogP contribution is 2.25. The van der Waals surface area contributed by atoms with Crippen LogP contribution in [0.1, 0.15) is 31.5 Å². The number of nitrogens with one attached hydrogen (secondary N) is 2. The molecule has 0 saturated carbocycles. The van der Waals surface area contributed by atoms with Gasteiger partial charge in [-0.25, -0.2) is 0 Å². The van der Waals surface area contributed by atoms with Crippen LogP contribution in [-0.4, -0.2) is 27.7 Å². The normalized spacial score (nSPS) is 23.9. The van der Waals surface area contributed by atoms with E-state index in [1.807, 2.05) is 6.07 Å². The molecule has 0 bridgehead atoms. The second kappa shape index (κ2) is 4.84. The molecule has 1 saturated heterocycles. The minimum Gasteiger partial charge on any atom is -0.308 e. The number of thioether (sulfide) groups is 1. The van der Waals surface area contributed by atoms with Crippen LogP contribution in [0.15, 0.2) is 12.3 Å². The first kappa shape index (κ1) is 10.1. The Kier molecular flexibility index (Phi) is 3.48. The van der Waals surface area contributed by atoms with Crippen LogP contribution < -0.4 is 5.32 Å². The maximum absolute atomic E-state index is 3.95. The lowest BCUT2D eigenvalue weighted by Crippen LogP contribution is -2.26. The lowest BCUT2D eigenvalue weighted by Gasteiger charge is -2.15. The number of rotatable bonds is 4. The van der Waals surface area contributed by atoms with Crippen molar-refractivity contribution in [3.05, 3.63) is 18.0 Å². The second-order valence-corrected chi connectivity index (χ2v) is 5.19. The SMILES string of the molecule is CC(NCC1CCCS1)c1ccn[nH]1. The predicted molar refractivity (Wildman–Crippen MR) is 60.5 cm³/mol. The average Bonchev–Trinajstić information content (AvgIpc) is 2.87. The van der Waals surface area contributed by atoms with E-state index in [1.165, 1.54) is 24.3 Å². The quantitative estimate of drug-likeness (QED) is 0.800. The summed E-state index contributed by atoms with van der Waals surface area (Å²) in [5.41, 5.74) is 1.17. The van der Waals surface area contributed by atoms with E-state index in [9.17, 15) is 0 Å². The topological polar surface area (TPSA) is 40.7 Å². The summed E-state index contributed by atoms with van der Waals surface area (Å²) >= 11 is 2.09. The largest absolute Gasteiger partial charge is 0.308 e. The summed E-state index contributed by atoms with van der Waals surface area (Å²) in [4.78, 5) is 0. The van der Waals surface area contributed by atoms with E-state index in [-0.39, 0.29) is 0 Å². The Morgan fingerprint density at radius 1 is 1.79 bits per heavy atom. The number of hydrogen-bond acceptors (Lipinski definition) is 3. The highest BCUT2D eigenvalue weighted by molar-refractivity contribution is 8.00. The van der Waals surface area contributed by atoms with Crippen molar-refractivity contribution in [3.8, 4) is 0 Å².